The lowest BCUT2D eigenvalue weighted by atomic mass is 9.78. The lowest BCUT2D eigenvalue weighted by Gasteiger charge is -2.47. The predicted molar refractivity (Wildman–Crippen MR) is 107 cm³/mol. The Kier molecular flexibility index (Phi) is 4.32. The Labute approximate surface area is 164 Å². The number of hydrogen-bond acceptors (Lipinski definition) is 3. The molecule has 0 atom stereocenters. The molecule has 0 unspecified atom stereocenters. The maximum Gasteiger partial charge on any atom is 0.272 e. The van der Waals surface area contributed by atoms with Gasteiger partial charge in [0.1, 0.15) is 17.8 Å². The van der Waals surface area contributed by atoms with Crippen LogP contribution in [0.25, 0.3) is 10.9 Å². The van der Waals surface area contributed by atoms with Crippen molar-refractivity contribution in [2.45, 2.75) is 64.0 Å². The molecule has 4 rings (SSSR count). The molecule has 1 N–H and O–H groups in total. The summed E-state index contributed by atoms with van der Waals surface area (Å²) in [5.41, 5.74) is -0.266. The van der Waals surface area contributed by atoms with Crippen LogP contribution in [0.5, 0.6) is 0 Å². The lowest BCUT2D eigenvalue weighted by Crippen LogP contribution is -2.66. The zero-order valence-corrected chi connectivity index (χ0v) is 16.7. The number of hydrogen-bond donors (Lipinski definition) is 1. The zero-order chi connectivity index (χ0) is 20.1. The van der Waals surface area contributed by atoms with Crippen LogP contribution in [0.3, 0.4) is 0 Å². The molecular weight excluding hydrogens is 354 g/mol. The Morgan fingerprint density at radius 1 is 1.07 bits per heavy atom. The Morgan fingerprint density at radius 2 is 1.75 bits per heavy atom. The highest BCUT2D eigenvalue weighted by Crippen LogP contribution is 2.37. The maximum absolute atomic E-state index is 13.5. The molecule has 1 aromatic heterocycles. The molecule has 28 heavy (non-hydrogen) atoms. The standard InChI is InChI=1S/C22H27N3O3/c1-21(2,3)23-20(28)22(11-7-4-8-12-22)24-14-18(26)25-16-10-6-5-9-15(16)13-17(25)19(24)27/h5-6,9-10,13H,4,7-8,11-12,14H2,1-3H3,(H,23,28). The van der Waals surface area contributed by atoms with E-state index in [4.69, 9.17) is 0 Å². The molecule has 2 heterocycles. The van der Waals surface area contributed by atoms with Crippen LogP contribution >= 0.6 is 0 Å². The fourth-order valence-electron chi connectivity index (χ4n) is 4.56. The van der Waals surface area contributed by atoms with Gasteiger partial charge in [-0.1, -0.05) is 37.5 Å². The minimum Gasteiger partial charge on any atom is -0.349 e. The highest BCUT2D eigenvalue weighted by Gasteiger charge is 2.50. The van der Waals surface area contributed by atoms with Crippen molar-refractivity contribution in [2.24, 2.45) is 0 Å². The first kappa shape index (κ1) is 18.7. The maximum atomic E-state index is 13.5. The van der Waals surface area contributed by atoms with Gasteiger partial charge in [-0.2, -0.15) is 0 Å². The molecule has 0 spiro atoms. The summed E-state index contributed by atoms with van der Waals surface area (Å²) in [4.78, 5) is 41.4. The molecule has 6 heteroatoms. The molecule has 148 valence electrons. The number of para-hydroxylation sites is 1. The van der Waals surface area contributed by atoms with Gasteiger partial charge in [-0.25, -0.2) is 0 Å². The van der Waals surface area contributed by atoms with E-state index in [1.165, 1.54) is 4.57 Å². The van der Waals surface area contributed by atoms with Crippen molar-refractivity contribution in [3.8, 4) is 0 Å². The van der Waals surface area contributed by atoms with E-state index in [0.29, 0.717) is 18.5 Å². The number of rotatable bonds is 2. The van der Waals surface area contributed by atoms with Gasteiger partial charge in [-0.15, -0.1) is 0 Å². The van der Waals surface area contributed by atoms with Gasteiger partial charge < -0.3 is 10.2 Å². The van der Waals surface area contributed by atoms with Crippen molar-refractivity contribution in [3.05, 3.63) is 36.0 Å². The molecule has 1 aromatic carbocycles. The average molecular weight is 381 g/mol. The topological polar surface area (TPSA) is 71.4 Å². The molecule has 0 bridgehead atoms. The van der Waals surface area contributed by atoms with Gasteiger partial charge in [0.05, 0.1) is 5.52 Å². The monoisotopic (exact) mass is 381 g/mol. The fourth-order valence-corrected chi connectivity index (χ4v) is 4.56. The number of nitrogens with one attached hydrogen (secondary N) is 1. The highest BCUT2D eigenvalue weighted by molar-refractivity contribution is 6.11. The average Bonchev–Trinajstić information content (AvgIpc) is 3.04. The number of amides is 2. The largest absolute Gasteiger partial charge is 0.349 e. The SMILES string of the molecule is CC(C)(C)NC(=O)C1(N2CC(=O)n3c(cc4ccccc43)C2=O)CCCCC1. The summed E-state index contributed by atoms with van der Waals surface area (Å²) in [7, 11) is 0. The van der Waals surface area contributed by atoms with E-state index in [1.807, 2.05) is 45.0 Å². The van der Waals surface area contributed by atoms with E-state index in [9.17, 15) is 14.4 Å². The number of carbonyl (C=O) groups is 3. The molecule has 1 aliphatic carbocycles. The van der Waals surface area contributed by atoms with Gasteiger partial charge in [0.2, 0.25) is 5.91 Å². The number of benzene rings is 1. The Hall–Kier alpha value is -2.63. The molecule has 2 amide bonds. The summed E-state index contributed by atoms with van der Waals surface area (Å²) in [6.45, 7) is 5.73. The van der Waals surface area contributed by atoms with Crippen molar-refractivity contribution in [2.75, 3.05) is 6.54 Å². The number of nitrogens with zero attached hydrogens (tertiary/aromatic N) is 2. The van der Waals surface area contributed by atoms with Gasteiger partial charge in [0.25, 0.3) is 11.8 Å². The third-order valence-electron chi connectivity index (χ3n) is 5.83. The third-order valence-corrected chi connectivity index (χ3v) is 5.83. The summed E-state index contributed by atoms with van der Waals surface area (Å²) in [6.07, 6.45) is 3.97. The molecule has 0 saturated heterocycles. The molecule has 1 saturated carbocycles. The second kappa shape index (κ2) is 6.47. The summed E-state index contributed by atoms with van der Waals surface area (Å²) in [6, 6.07) is 9.26. The second-order valence-electron chi connectivity index (χ2n) is 9.01. The second-order valence-corrected chi connectivity index (χ2v) is 9.01. The van der Waals surface area contributed by atoms with Crippen LogP contribution in [0.4, 0.5) is 0 Å². The highest BCUT2D eigenvalue weighted by atomic mass is 16.2. The Bertz CT molecular complexity index is 961. The summed E-state index contributed by atoms with van der Waals surface area (Å²) >= 11 is 0. The molecule has 1 fully saturated rings. The predicted octanol–water partition coefficient (Wildman–Crippen LogP) is 3.35. The van der Waals surface area contributed by atoms with Crippen molar-refractivity contribution in [3.63, 3.8) is 0 Å². The van der Waals surface area contributed by atoms with Gasteiger partial charge in [0.15, 0.2) is 0 Å². The van der Waals surface area contributed by atoms with E-state index in [1.54, 1.807) is 11.0 Å². The molecule has 0 radical (unpaired) electrons. The van der Waals surface area contributed by atoms with Crippen LogP contribution < -0.4 is 5.32 Å². The van der Waals surface area contributed by atoms with Crippen molar-refractivity contribution in [1.29, 1.82) is 0 Å². The Morgan fingerprint density at radius 3 is 2.43 bits per heavy atom. The summed E-state index contributed by atoms with van der Waals surface area (Å²) < 4.78 is 1.51. The van der Waals surface area contributed by atoms with Crippen LogP contribution in [0.1, 0.15) is 68.2 Å². The molecule has 2 aromatic rings. The van der Waals surface area contributed by atoms with Gasteiger partial charge in [0, 0.05) is 10.9 Å². The van der Waals surface area contributed by atoms with E-state index < -0.39 is 11.1 Å². The summed E-state index contributed by atoms with van der Waals surface area (Å²) in [5, 5.41) is 3.92. The normalized spacial score (nSPS) is 19.6. The van der Waals surface area contributed by atoms with Crippen LogP contribution in [0.2, 0.25) is 0 Å². The fraction of sp³-hybridized carbons (Fsp3) is 0.500. The third kappa shape index (κ3) is 2.91. The van der Waals surface area contributed by atoms with E-state index in [0.717, 1.165) is 30.2 Å². The van der Waals surface area contributed by atoms with Crippen LogP contribution in [-0.4, -0.2) is 44.8 Å². The van der Waals surface area contributed by atoms with Crippen LogP contribution in [0.15, 0.2) is 30.3 Å². The molecule has 2 aliphatic rings. The van der Waals surface area contributed by atoms with E-state index in [-0.39, 0.29) is 24.3 Å². The first-order valence-electron chi connectivity index (χ1n) is 10.0. The molecule has 6 nitrogen and oxygen atoms in total. The van der Waals surface area contributed by atoms with Gasteiger partial charge in [-0.3, -0.25) is 19.0 Å². The zero-order valence-electron chi connectivity index (χ0n) is 16.7. The smallest absolute Gasteiger partial charge is 0.272 e. The van der Waals surface area contributed by atoms with Crippen molar-refractivity contribution >= 4 is 28.6 Å². The summed E-state index contributed by atoms with van der Waals surface area (Å²) in [5.74, 6) is -0.545. The minimum atomic E-state index is -0.958. The van der Waals surface area contributed by atoms with Crippen LogP contribution in [-0.2, 0) is 4.79 Å². The van der Waals surface area contributed by atoms with Crippen LogP contribution in [0, 0.1) is 0 Å². The van der Waals surface area contributed by atoms with Gasteiger partial charge in [-0.05, 0) is 45.7 Å². The Balaban J connectivity index is 1.79. The van der Waals surface area contributed by atoms with Crippen molar-refractivity contribution in [1.82, 2.24) is 14.8 Å². The minimum absolute atomic E-state index is 0.0674. The first-order valence-corrected chi connectivity index (χ1v) is 10.0. The molecule has 1 aliphatic heterocycles. The number of fused-ring (bicyclic) bond motifs is 3. The first-order chi connectivity index (χ1) is 13.2. The number of carbonyl (C=O) groups excluding carboxylic acids is 3. The van der Waals surface area contributed by atoms with E-state index >= 15 is 0 Å². The molecular formula is C22H27N3O3. The van der Waals surface area contributed by atoms with Crippen molar-refractivity contribution < 1.29 is 14.4 Å². The lowest BCUT2D eigenvalue weighted by molar-refractivity contribution is -0.135. The quantitative estimate of drug-likeness (QED) is 0.867. The van der Waals surface area contributed by atoms with E-state index in [2.05, 4.69) is 5.32 Å². The van der Waals surface area contributed by atoms with Gasteiger partial charge >= 0.3 is 0 Å². The number of aromatic nitrogens is 1.